The molecule has 1 rings (SSSR count). The van der Waals surface area contributed by atoms with Gasteiger partial charge >= 0.3 is 0 Å². The van der Waals surface area contributed by atoms with E-state index in [1.165, 1.54) is 23.3 Å². The molecule has 1 N–H and O–H groups in total. The summed E-state index contributed by atoms with van der Waals surface area (Å²) in [7, 11) is 2.06. The Bertz CT molecular complexity index is 265. The van der Waals surface area contributed by atoms with Gasteiger partial charge in [-0.2, -0.15) is 0 Å². The first-order valence-corrected chi connectivity index (χ1v) is 6.24. The van der Waals surface area contributed by atoms with Gasteiger partial charge in [0.15, 0.2) is 0 Å². The first-order chi connectivity index (χ1) is 6.65. The molecular formula is C12H21NS. The highest BCUT2D eigenvalue weighted by molar-refractivity contribution is 7.10. The lowest BCUT2D eigenvalue weighted by molar-refractivity contribution is 0.468. The lowest BCUT2D eigenvalue weighted by Gasteiger charge is -2.16. The summed E-state index contributed by atoms with van der Waals surface area (Å²) in [5, 5.41) is 5.60. The van der Waals surface area contributed by atoms with Crippen LogP contribution in [-0.4, -0.2) is 7.05 Å². The minimum Gasteiger partial charge on any atom is -0.312 e. The van der Waals surface area contributed by atoms with E-state index >= 15 is 0 Å². The molecule has 0 bridgehead atoms. The molecule has 1 nitrogen and oxygen atoms in total. The topological polar surface area (TPSA) is 12.0 Å². The highest BCUT2D eigenvalue weighted by Crippen LogP contribution is 2.27. The van der Waals surface area contributed by atoms with Crippen molar-refractivity contribution in [1.29, 1.82) is 0 Å². The van der Waals surface area contributed by atoms with Gasteiger partial charge in [0.05, 0.1) is 0 Å². The van der Waals surface area contributed by atoms with Crippen molar-refractivity contribution >= 4 is 11.3 Å². The molecule has 0 spiro atoms. The van der Waals surface area contributed by atoms with Gasteiger partial charge in [0.1, 0.15) is 0 Å². The Labute approximate surface area is 91.5 Å². The average Bonchev–Trinajstić information content (AvgIpc) is 2.53. The van der Waals surface area contributed by atoms with Crippen LogP contribution in [0.1, 0.15) is 43.2 Å². The van der Waals surface area contributed by atoms with Gasteiger partial charge in [-0.15, -0.1) is 11.3 Å². The summed E-state index contributed by atoms with van der Waals surface area (Å²) in [5.74, 6) is 0.797. The molecule has 1 aromatic heterocycles. The van der Waals surface area contributed by atoms with Crippen LogP contribution >= 0.6 is 11.3 Å². The van der Waals surface area contributed by atoms with Gasteiger partial charge in [0.2, 0.25) is 0 Å². The first kappa shape index (κ1) is 11.7. The van der Waals surface area contributed by atoms with Crippen LogP contribution in [0.4, 0.5) is 0 Å². The molecule has 0 amide bonds. The fourth-order valence-corrected chi connectivity index (χ4v) is 2.72. The largest absolute Gasteiger partial charge is 0.312 e. The summed E-state index contributed by atoms with van der Waals surface area (Å²) in [4.78, 5) is 1.51. The average molecular weight is 211 g/mol. The third-order valence-corrected chi connectivity index (χ3v) is 3.73. The lowest BCUT2D eigenvalue weighted by Crippen LogP contribution is -2.16. The number of hydrogen-bond acceptors (Lipinski definition) is 2. The summed E-state index contributed by atoms with van der Waals surface area (Å²) >= 11 is 1.87. The van der Waals surface area contributed by atoms with Crippen LogP contribution in [0.2, 0.25) is 0 Å². The first-order valence-electron chi connectivity index (χ1n) is 5.36. The van der Waals surface area contributed by atoms with E-state index in [2.05, 4.69) is 44.6 Å². The molecular weight excluding hydrogens is 190 g/mol. The lowest BCUT2D eigenvalue weighted by atomic mass is 10.0. The maximum absolute atomic E-state index is 3.41. The molecule has 1 atom stereocenters. The molecule has 80 valence electrons. The van der Waals surface area contributed by atoms with Gasteiger partial charge in [-0.25, -0.2) is 0 Å². The van der Waals surface area contributed by atoms with Gasteiger partial charge in [0, 0.05) is 10.9 Å². The standard InChI is InChI=1S/C12H21NS/c1-9(2)5-6-11(13-4)12-10(3)7-8-14-12/h7-9,11,13H,5-6H2,1-4H3. The smallest absolute Gasteiger partial charge is 0.0415 e. The van der Waals surface area contributed by atoms with Crippen molar-refractivity contribution in [3.8, 4) is 0 Å². The van der Waals surface area contributed by atoms with Crippen molar-refractivity contribution in [2.45, 2.75) is 39.7 Å². The normalized spacial score (nSPS) is 13.5. The summed E-state index contributed by atoms with van der Waals surface area (Å²) in [6.07, 6.45) is 2.54. The van der Waals surface area contributed by atoms with Crippen LogP contribution in [-0.2, 0) is 0 Å². The van der Waals surface area contributed by atoms with Gasteiger partial charge in [0.25, 0.3) is 0 Å². The zero-order chi connectivity index (χ0) is 10.6. The molecule has 1 heterocycles. The molecule has 0 aromatic carbocycles. The zero-order valence-corrected chi connectivity index (χ0v) is 10.4. The van der Waals surface area contributed by atoms with Crippen LogP contribution in [0.5, 0.6) is 0 Å². The second-order valence-electron chi connectivity index (χ2n) is 4.28. The molecule has 0 saturated heterocycles. The van der Waals surface area contributed by atoms with E-state index in [-0.39, 0.29) is 0 Å². The molecule has 0 saturated carbocycles. The summed E-state index contributed by atoms with van der Waals surface area (Å²) < 4.78 is 0. The minimum absolute atomic E-state index is 0.553. The van der Waals surface area contributed by atoms with Gasteiger partial charge in [-0.1, -0.05) is 13.8 Å². The van der Waals surface area contributed by atoms with Crippen LogP contribution in [0.15, 0.2) is 11.4 Å². The van der Waals surface area contributed by atoms with Gasteiger partial charge in [-0.05, 0) is 49.7 Å². The van der Waals surface area contributed by atoms with E-state index in [0.717, 1.165) is 5.92 Å². The molecule has 1 unspecified atom stereocenters. The summed E-state index contributed by atoms with van der Waals surface area (Å²) in [5.41, 5.74) is 1.43. The third kappa shape index (κ3) is 3.10. The second kappa shape index (κ2) is 5.52. The monoisotopic (exact) mass is 211 g/mol. The summed E-state index contributed by atoms with van der Waals surface area (Å²) in [6, 6.07) is 2.76. The van der Waals surface area contributed by atoms with Crippen molar-refractivity contribution in [2.75, 3.05) is 7.05 Å². The molecule has 0 aliphatic rings. The zero-order valence-electron chi connectivity index (χ0n) is 9.63. The maximum Gasteiger partial charge on any atom is 0.0415 e. The van der Waals surface area contributed by atoms with Crippen LogP contribution in [0.3, 0.4) is 0 Å². The Morgan fingerprint density at radius 2 is 2.07 bits per heavy atom. The Balaban J connectivity index is 2.58. The van der Waals surface area contributed by atoms with E-state index in [1.54, 1.807) is 0 Å². The predicted molar refractivity (Wildman–Crippen MR) is 64.9 cm³/mol. The molecule has 0 radical (unpaired) electrons. The Kier molecular flexibility index (Phi) is 4.63. The SMILES string of the molecule is CNC(CCC(C)C)c1sccc1C. The number of nitrogens with one attached hydrogen (secondary N) is 1. The maximum atomic E-state index is 3.41. The quantitative estimate of drug-likeness (QED) is 0.782. The Morgan fingerprint density at radius 3 is 2.50 bits per heavy atom. The minimum atomic E-state index is 0.553. The number of aryl methyl sites for hydroxylation is 1. The molecule has 0 aliphatic heterocycles. The third-order valence-electron chi connectivity index (χ3n) is 2.60. The predicted octanol–water partition coefficient (Wildman–Crippen LogP) is 3.75. The molecule has 1 aromatic rings. The molecule has 2 heteroatoms. The van der Waals surface area contributed by atoms with Crippen LogP contribution in [0.25, 0.3) is 0 Å². The van der Waals surface area contributed by atoms with Crippen molar-refractivity contribution in [3.63, 3.8) is 0 Å². The number of rotatable bonds is 5. The van der Waals surface area contributed by atoms with Crippen molar-refractivity contribution in [3.05, 3.63) is 21.9 Å². The van der Waals surface area contributed by atoms with Crippen molar-refractivity contribution in [1.82, 2.24) is 5.32 Å². The highest BCUT2D eigenvalue weighted by atomic mass is 32.1. The Morgan fingerprint density at radius 1 is 1.36 bits per heavy atom. The van der Waals surface area contributed by atoms with Crippen LogP contribution < -0.4 is 5.32 Å². The van der Waals surface area contributed by atoms with Crippen LogP contribution in [0, 0.1) is 12.8 Å². The van der Waals surface area contributed by atoms with E-state index in [9.17, 15) is 0 Å². The van der Waals surface area contributed by atoms with E-state index in [1.807, 2.05) is 11.3 Å². The fourth-order valence-electron chi connectivity index (χ4n) is 1.65. The Hall–Kier alpha value is -0.340. The fraction of sp³-hybridized carbons (Fsp3) is 0.667. The van der Waals surface area contributed by atoms with E-state index in [4.69, 9.17) is 0 Å². The van der Waals surface area contributed by atoms with E-state index < -0.39 is 0 Å². The molecule has 0 aliphatic carbocycles. The molecule has 0 fully saturated rings. The molecule has 14 heavy (non-hydrogen) atoms. The van der Waals surface area contributed by atoms with Crippen molar-refractivity contribution in [2.24, 2.45) is 5.92 Å². The highest BCUT2D eigenvalue weighted by Gasteiger charge is 2.13. The van der Waals surface area contributed by atoms with E-state index in [0.29, 0.717) is 6.04 Å². The number of hydrogen-bond donors (Lipinski definition) is 1. The van der Waals surface area contributed by atoms with Gasteiger partial charge < -0.3 is 5.32 Å². The second-order valence-corrected chi connectivity index (χ2v) is 5.23. The number of thiophene rings is 1. The van der Waals surface area contributed by atoms with Crippen molar-refractivity contribution < 1.29 is 0 Å². The summed E-state index contributed by atoms with van der Waals surface area (Å²) in [6.45, 7) is 6.77. The van der Waals surface area contributed by atoms with Gasteiger partial charge in [-0.3, -0.25) is 0 Å².